The van der Waals surface area contributed by atoms with Crippen molar-refractivity contribution >= 4 is 17.4 Å². The molecule has 0 saturated carbocycles. The van der Waals surface area contributed by atoms with Gasteiger partial charge in [-0.25, -0.2) is 4.98 Å². The Hall–Kier alpha value is -0.760. The molecule has 0 N–H and O–H groups in total. The highest BCUT2D eigenvalue weighted by Gasteiger charge is 2.28. The van der Waals surface area contributed by atoms with E-state index >= 15 is 0 Å². The van der Waals surface area contributed by atoms with Crippen molar-refractivity contribution in [2.75, 3.05) is 18.0 Å². The van der Waals surface area contributed by atoms with Gasteiger partial charge in [0.05, 0.1) is 0 Å². The number of aromatic nitrogens is 1. The maximum absolute atomic E-state index is 6.04. The fourth-order valence-corrected chi connectivity index (χ4v) is 2.67. The van der Waals surface area contributed by atoms with Crippen LogP contribution in [0.3, 0.4) is 0 Å². The van der Waals surface area contributed by atoms with E-state index in [4.69, 9.17) is 16.6 Å². The number of anilines is 1. The first kappa shape index (κ1) is 14.6. The first-order valence-electron chi connectivity index (χ1n) is 7.13. The Morgan fingerprint density at radius 2 is 1.79 bits per heavy atom. The van der Waals surface area contributed by atoms with Crippen LogP contribution in [0.4, 0.5) is 5.82 Å². The zero-order chi connectivity index (χ0) is 14.2. The lowest BCUT2D eigenvalue weighted by atomic mass is 9.91. The number of nitrogens with zero attached hydrogens (tertiary/aromatic N) is 2. The predicted octanol–water partition coefficient (Wildman–Crippen LogP) is 4.21. The van der Waals surface area contributed by atoms with Crippen molar-refractivity contribution in [1.82, 2.24) is 4.98 Å². The predicted molar refractivity (Wildman–Crippen MR) is 83.0 cm³/mol. The van der Waals surface area contributed by atoms with E-state index in [-0.39, 0.29) is 5.41 Å². The molecule has 3 heteroatoms. The second-order valence-electron chi connectivity index (χ2n) is 6.96. The average molecular weight is 281 g/mol. The SMILES string of the molecule is CC1CN(c2cc(CCl)cc(C(C)(C)C)n2)CC1C. The molecule has 19 heavy (non-hydrogen) atoms. The van der Waals surface area contributed by atoms with Crippen molar-refractivity contribution in [1.29, 1.82) is 0 Å². The molecule has 2 atom stereocenters. The van der Waals surface area contributed by atoms with Crippen LogP contribution < -0.4 is 4.90 Å². The van der Waals surface area contributed by atoms with Crippen LogP contribution >= 0.6 is 11.6 Å². The van der Waals surface area contributed by atoms with Crippen LogP contribution in [0, 0.1) is 11.8 Å². The molecule has 0 radical (unpaired) electrons. The fourth-order valence-electron chi connectivity index (χ4n) is 2.51. The Kier molecular flexibility index (Phi) is 4.10. The van der Waals surface area contributed by atoms with Crippen molar-refractivity contribution in [3.05, 3.63) is 23.4 Å². The van der Waals surface area contributed by atoms with Gasteiger partial charge in [0.25, 0.3) is 0 Å². The van der Waals surface area contributed by atoms with Gasteiger partial charge in [0.15, 0.2) is 0 Å². The summed E-state index contributed by atoms with van der Waals surface area (Å²) in [6.07, 6.45) is 0. The molecule has 0 aromatic carbocycles. The highest BCUT2D eigenvalue weighted by Crippen LogP contribution is 2.30. The Labute approximate surface area is 122 Å². The average Bonchev–Trinajstić information content (AvgIpc) is 2.68. The van der Waals surface area contributed by atoms with E-state index in [1.165, 1.54) is 5.56 Å². The Bertz CT molecular complexity index is 441. The van der Waals surface area contributed by atoms with Crippen molar-refractivity contribution in [2.45, 2.75) is 45.9 Å². The van der Waals surface area contributed by atoms with Gasteiger partial charge in [0.1, 0.15) is 5.82 Å². The van der Waals surface area contributed by atoms with Gasteiger partial charge in [0, 0.05) is 30.1 Å². The summed E-state index contributed by atoms with van der Waals surface area (Å²) in [5, 5.41) is 0. The molecule has 1 aromatic heterocycles. The second-order valence-corrected chi connectivity index (χ2v) is 7.23. The Morgan fingerprint density at radius 1 is 1.21 bits per heavy atom. The highest BCUT2D eigenvalue weighted by atomic mass is 35.5. The minimum absolute atomic E-state index is 0.0633. The molecule has 106 valence electrons. The van der Waals surface area contributed by atoms with Gasteiger partial charge in [-0.15, -0.1) is 11.6 Å². The highest BCUT2D eigenvalue weighted by molar-refractivity contribution is 6.17. The maximum atomic E-state index is 6.04. The van der Waals surface area contributed by atoms with Crippen LogP contribution in [-0.2, 0) is 11.3 Å². The van der Waals surface area contributed by atoms with E-state index in [9.17, 15) is 0 Å². The lowest BCUT2D eigenvalue weighted by Gasteiger charge is -2.23. The first-order valence-corrected chi connectivity index (χ1v) is 7.67. The van der Waals surface area contributed by atoms with E-state index in [1.54, 1.807) is 0 Å². The molecule has 1 saturated heterocycles. The normalized spacial score (nSPS) is 24.0. The maximum Gasteiger partial charge on any atom is 0.129 e. The van der Waals surface area contributed by atoms with Crippen molar-refractivity contribution < 1.29 is 0 Å². The topological polar surface area (TPSA) is 16.1 Å². The number of hydrogen-bond acceptors (Lipinski definition) is 2. The molecule has 0 aliphatic carbocycles. The summed E-state index contributed by atoms with van der Waals surface area (Å²) in [5.74, 6) is 3.12. The van der Waals surface area contributed by atoms with Crippen LogP contribution in [0.25, 0.3) is 0 Å². The second kappa shape index (κ2) is 5.32. The summed E-state index contributed by atoms with van der Waals surface area (Å²) in [7, 11) is 0. The number of rotatable bonds is 2. The molecule has 0 bridgehead atoms. The summed E-state index contributed by atoms with van der Waals surface area (Å²) in [6.45, 7) is 13.4. The van der Waals surface area contributed by atoms with E-state index in [1.807, 2.05) is 0 Å². The molecule has 1 aliphatic heterocycles. The third-order valence-electron chi connectivity index (χ3n) is 4.11. The third kappa shape index (κ3) is 3.22. The third-order valence-corrected chi connectivity index (χ3v) is 4.42. The van der Waals surface area contributed by atoms with Crippen molar-refractivity contribution in [3.63, 3.8) is 0 Å². The molecule has 1 aromatic rings. The summed E-state index contributed by atoms with van der Waals surface area (Å²) in [6, 6.07) is 4.28. The standard InChI is InChI=1S/C16H25ClN2/c1-11-9-19(10-12(11)2)15-7-13(8-17)6-14(18-15)16(3,4)5/h6-7,11-12H,8-10H2,1-5H3. The number of alkyl halides is 1. The van der Waals surface area contributed by atoms with Crippen LogP contribution in [0.15, 0.2) is 12.1 Å². The largest absolute Gasteiger partial charge is 0.356 e. The first-order chi connectivity index (χ1) is 8.81. The van der Waals surface area contributed by atoms with E-state index in [0.717, 1.165) is 36.4 Å². The molecular formula is C16H25ClN2. The molecule has 1 fully saturated rings. The van der Waals surface area contributed by atoms with E-state index in [0.29, 0.717) is 5.88 Å². The van der Waals surface area contributed by atoms with Gasteiger partial charge < -0.3 is 4.90 Å². The molecular weight excluding hydrogens is 256 g/mol. The van der Waals surface area contributed by atoms with Crippen LogP contribution in [0.5, 0.6) is 0 Å². The number of halogens is 1. The Balaban J connectivity index is 2.35. The summed E-state index contributed by atoms with van der Waals surface area (Å²) in [5.41, 5.74) is 2.37. The van der Waals surface area contributed by atoms with Gasteiger partial charge in [0.2, 0.25) is 0 Å². The smallest absolute Gasteiger partial charge is 0.129 e. The van der Waals surface area contributed by atoms with Crippen molar-refractivity contribution in [2.24, 2.45) is 11.8 Å². The van der Waals surface area contributed by atoms with Gasteiger partial charge in [-0.05, 0) is 29.5 Å². The van der Waals surface area contributed by atoms with Gasteiger partial charge in [-0.1, -0.05) is 34.6 Å². The molecule has 1 aliphatic rings. The molecule has 2 nitrogen and oxygen atoms in total. The monoisotopic (exact) mass is 280 g/mol. The van der Waals surface area contributed by atoms with Gasteiger partial charge in [-0.2, -0.15) is 0 Å². The quantitative estimate of drug-likeness (QED) is 0.755. The molecule has 2 unspecified atom stereocenters. The van der Waals surface area contributed by atoms with E-state index in [2.05, 4.69) is 51.7 Å². The minimum atomic E-state index is 0.0633. The lowest BCUT2D eigenvalue weighted by molar-refractivity contribution is 0.494. The molecule has 2 rings (SSSR count). The van der Waals surface area contributed by atoms with Gasteiger partial charge in [-0.3, -0.25) is 0 Å². The van der Waals surface area contributed by atoms with Crippen LogP contribution in [-0.4, -0.2) is 18.1 Å². The zero-order valence-corrected chi connectivity index (χ0v) is 13.5. The minimum Gasteiger partial charge on any atom is -0.356 e. The summed E-state index contributed by atoms with van der Waals surface area (Å²) in [4.78, 5) is 7.27. The van der Waals surface area contributed by atoms with E-state index < -0.39 is 0 Å². The van der Waals surface area contributed by atoms with Crippen LogP contribution in [0.1, 0.15) is 45.9 Å². The lowest BCUT2D eigenvalue weighted by Crippen LogP contribution is -2.23. The summed E-state index contributed by atoms with van der Waals surface area (Å²) >= 11 is 6.04. The Morgan fingerprint density at radius 3 is 2.26 bits per heavy atom. The number of pyridine rings is 1. The molecule has 0 amide bonds. The van der Waals surface area contributed by atoms with Crippen LogP contribution in [0.2, 0.25) is 0 Å². The molecule has 0 spiro atoms. The number of hydrogen-bond donors (Lipinski definition) is 0. The molecule has 2 heterocycles. The van der Waals surface area contributed by atoms with Gasteiger partial charge >= 0.3 is 0 Å². The summed E-state index contributed by atoms with van der Waals surface area (Å²) < 4.78 is 0. The van der Waals surface area contributed by atoms with Crippen molar-refractivity contribution in [3.8, 4) is 0 Å². The fraction of sp³-hybridized carbons (Fsp3) is 0.688. The zero-order valence-electron chi connectivity index (χ0n) is 12.7.